The summed E-state index contributed by atoms with van der Waals surface area (Å²) in [4.78, 5) is 11.3. The Morgan fingerprint density at radius 2 is 1.41 bits per heavy atom. The standard InChI is InChI=1S/C21H25O5P/c1-18(2)21(22)24-16-10-5-11-17-27(23,25-19-12-6-3-7-13-19)26-20-14-8-4-9-15-20/h3-4,6-9,12-15H,1,5,10-11,16-17H2,2H3. The van der Waals surface area contributed by atoms with Gasteiger partial charge in [-0.25, -0.2) is 9.36 Å². The first-order valence-corrected chi connectivity index (χ1v) is 10.6. The lowest BCUT2D eigenvalue weighted by Gasteiger charge is -2.20. The summed E-state index contributed by atoms with van der Waals surface area (Å²) in [5.74, 6) is 0.625. The lowest BCUT2D eigenvalue weighted by molar-refractivity contribution is -0.139. The Balaban J connectivity index is 1.89. The second kappa shape index (κ2) is 10.6. The average molecular weight is 388 g/mol. The van der Waals surface area contributed by atoms with Crippen LogP contribution >= 0.6 is 7.60 Å². The monoisotopic (exact) mass is 388 g/mol. The molecular formula is C21H25O5P. The van der Waals surface area contributed by atoms with Crippen LogP contribution in [0.3, 0.4) is 0 Å². The summed E-state index contributed by atoms with van der Waals surface area (Å²) in [6.45, 7) is 5.46. The molecule has 2 aromatic carbocycles. The molecule has 6 heteroatoms. The maximum Gasteiger partial charge on any atom is 0.430 e. The van der Waals surface area contributed by atoms with Crippen LogP contribution < -0.4 is 9.05 Å². The van der Waals surface area contributed by atoms with Crippen molar-refractivity contribution in [3.8, 4) is 11.5 Å². The van der Waals surface area contributed by atoms with Gasteiger partial charge in [-0.05, 0) is 50.5 Å². The van der Waals surface area contributed by atoms with Gasteiger partial charge in [0.1, 0.15) is 11.5 Å². The van der Waals surface area contributed by atoms with Gasteiger partial charge in [0.15, 0.2) is 0 Å². The van der Waals surface area contributed by atoms with Crippen LogP contribution in [-0.4, -0.2) is 18.7 Å². The van der Waals surface area contributed by atoms with Gasteiger partial charge in [0.2, 0.25) is 0 Å². The molecule has 0 unspecified atom stereocenters. The number of hydrogen-bond acceptors (Lipinski definition) is 5. The molecule has 0 bridgehead atoms. The van der Waals surface area contributed by atoms with Gasteiger partial charge in [0.05, 0.1) is 12.8 Å². The molecular weight excluding hydrogens is 363 g/mol. The van der Waals surface area contributed by atoms with Crippen LogP contribution in [0.2, 0.25) is 0 Å². The molecule has 0 heterocycles. The normalized spacial score (nSPS) is 10.9. The molecule has 0 radical (unpaired) electrons. The lowest BCUT2D eigenvalue weighted by Crippen LogP contribution is -2.07. The highest BCUT2D eigenvalue weighted by atomic mass is 31.2. The predicted molar refractivity (Wildman–Crippen MR) is 106 cm³/mol. The van der Waals surface area contributed by atoms with Gasteiger partial charge in [-0.15, -0.1) is 0 Å². The zero-order valence-corrected chi connectivity index (χ0v) is 16.4. The molecule has 2 rings (SSSR count). The minimum absolute atomic E-state index is 0.269. The van der Waals surface area contributed by atoms with Crippen molar-refractivity contribution in [1.82, 2.24) is 0 Å². The second-order valence-corrected chi connectivity index (χ2v) is 8.15. The Hall–Kier alpha value is -2.52. The Bertz CT molecular complexity index is 728. The van der Waals surface area contributed by atoms with Gasteiger partial charge in [-0.2, -0.15) is 0 Å². The number of unbranched alkanes of at least 4 members (excludes halogenated alkanes) is 2. The fourth-order valence-electron chi connectivity index (χ4n) is 2.27. The molecule has 0 aliphatic rings. The van der Waals surface area contributed by atoms with Crippen LogP contribution in [0.25, 0.3) is 0 Å². The Morgan fingerprint density at radius 1 is 0.889 bits per heavy atom. The van der Waals surface area contributed by atoms with Gasteiger partial charge in [0, 0.05) is 5.57 Å². The quantitative estimate of drug-likeness (QED) is 0.216. The Labute approximate surface area is 160 Å². The zero-order valence-electron chi connectivity index (χ0n) is 15.5. The van der Waals surface area contributed by atoms with Crippen LogP contribution in [0.4, 0.5) is 0 Å². The fraction of sp³-hybridized carbons (Fsp3) is 0.286. The summed E-state index contributed by atoms with van der Waals surface area (Å²) in [6.07, 6.45) is 2.31. The summed E-state index contributed by atoms with van der Waals surface area (Å²) in [6, 6.07) is 18.0. The van der Waals surface area contributed by atoms with Crippen LogP contribution in [0.5, 0.6) is 11.5 Å². The number of benzene rings is 2. The number of rotatable bonds is 11. The Morgan fingerprint density at radius 3 is 1.89 bits per heavy atom. The molecule has 144 valence electrons. The predicted octanol–water partition coefficient (Wildman–Crippen LogP) is 5.63. The van der Waals surface area contributed by atoms with E-state index in [1.165, 1.54) is 0 Å². The van der Waals surface area contributed by atoms with E-state index in [9.17, 15) is 9.36 Å². The molecule has 0 atom stereocenters. The molecule has 0 amide bonds. The van der Waals surface area contributed by atoms with Crippen molar-refractivity contribution < 1.29 is 23.1 Å². The summed E-state index contributed by atoms with van der Waals surface area (Å²) >= 11 is 0. The highest BCUT2D eigenvalue weighted by Gasteiger charge is 2.27. The van der Waals surface area contributed by atoms with Gasteiger partial charge in [-0.1, -0.05) is 43.0 Å². The zero-order chi connectivity index (χ0) is 19.5. The molecule has 0 aliphatic carbocycles. The van der Waals surface area contributed by atoms with E-state index in [0.29, 0.717) is 36.5 Å². The fourth-order valence-corrected chi connectivity index (χ4v) is 3.98. The SMILES string of the molecule is C=C(C)C(=O)OCCCCCP(=O)(Oc1ccccc1)Oc1ccccc1. The van der Waals surface area contributed by atoms with Crippen LogP contribution in [0.1, 0.15) is 26.2 Å². The van der Waals surface area contributed by atoms with Crippen LogP contribution in [-0.2, 0) is 14.1 Å². The highest BCUT2D eigenvalue weighted by molar-refractivity contribution is 7.54. The number of esters is 1. The van der Waals surface area contributed by atoms with E-state index in [1.807, 2.05) is 36.4 Å². The van der Waals surface area contributed by atoms with E-state index in [4.69, 9.17) is 13.8 Å². The maximum atomic E-state index is 13.2. The van der Waals surface area contributed by atoms with Crippen LogP contribution in [0.15, 0.2) is 72.8 Å². The first-order valence-electron chi connectivity index (χ1n) is 8.89. The molecule has 2 aromatic rings. The molecule has 27 heavy (non-hydrogen) atoms. The largest absolute Gasteiger partial charge is 0.462 e. The smallest absolute Gasteiger partial charge is 0.430 e. The van der Waals surface area contributed by atoms with Crippen molar-refractivity contribution in [3.63, 3.8) is 0 Å². The van der Waals surface area contributed by atoms with Gasteiger partial charge >= 0.3 is 13.6 Å². The van der Waals surface area contributed by atoms with Crippen LogP contribution in [0, 0.1) is 0 Å². The third-order valence-electron chi connectivity index (χ3n) is 3.63. The summed E-state index contributed by atoms with van der Waals surface area (Å²) in [7, 11) is -3.37. The third-order valence-corrected chi connectivity index (χ3v) is 5.48. The van der Waals surface area contributed by atoms with Crippen molar-refractivity contribution in [2.24, 2.45) is 0 Å². The number of para-hydroxylation sites is 2. The molecule has 0 saturated heterocycles. The lowest BCUT2D eigenvalue weighted by atomic mass is 10.3. The van der Waals surface area contributed by atoms with E-state index in [1.54, 1.807) is 31.2 Å². The van der Waals surface area contributed by atoms with E-state index in [-0.39, 0.29) is 12.1 Å². The number of hydrogen-bond donors (Lipinski definition) is 0. The first kappa shape index (κ1) is 20.8. The number of carbonyl (C=O) groups excluding carboxylic acids is 1. The van der Waals surface area contributed by atoms with E-state index in [2.05, 4.69) is 6.58 Å². The minimum atomic E-state index is -3.37. The Kier molecular flexibility index (Phi) is 8.15. The van der Waals surface area contributed by atoms with Crippen molar-refractivity contribution >= 4 is 13.6 Å². The number of carbonyl (C=O) groups is 1. The molecule has 0 fully saturated rings. The molecule has 0 N–H and O–H groups in total. The van der Waals surface area contributed by atoms with Gasteiger partial charge < -0.3 is 13.8 Å². The first-order chi connectivity index (χ1) is 13.0. The molecule has 0 spiro atoms. The van der Waals surface area contributed by atoms with Crippen molar-refractivity contribution in [3.05, 3.63) is 72.8 Å². The third kappa shape index (κ3) is 7.71. The van der Waals surface area contributed by atoms with E-state index in [0.717, 1.165) is 6.42 Å². The molecule has 0 aromatic heterocycles. The summed E-state index contributed by atoms with van der Waals surface area (Å²) in [5.41, 5.74) is 0.382. The number of ether oxygens (including phenoxy) is 1. The minimum Gasteiger partial charge on any atom is -0.462 e. The molecule has 5 nitrogen and oxygen atoms in total. The summed E-state index contributed by atoms with van der Waals surface area (Å²) < 4.78 is 29.7. The van der Waals surface area contributed by atoms with Gasteiger partial charge in [-0.3, -0.25) is 0 Å². The second-order valence-electron chi connectivity index (χ2n) is 6.12. The van der Waals surface area contributed by atoms with Gasteiger partial charge in [0.25, 0.3) is 0 Å². The maximum absolute atomic E-state index is 13.2. The summed E-state index contributed by atoms with van der Waals surface area (Å²) in [5, 5.41) is 0. The molecule has 0 saturated carbocycles. The van der Waals surface area contributed by atoms with Crippen molar-refractivity contribution in [1.29, 1.82) is 0 Å². The highest BCUT2D eigenvalue weighted by Crippen LogP contribution is 2.49. The topological polar surface area (TPSA) is 61.8 Å². The van der Waals surface area contributed by atoms with E-state index >= 15 is 0 Å². The van der Waals surface area contributed by atoms with E-state index < -0.39 is 7.60 Å². The van der Waals surface area contributed by atoms with Crippen molar-refractivity contribution in [2.45, 2.75) is 26.2 Å². The van der Waals surface area contributed by atoms with Crippen molar-refractivity contribution in [2.75, 3.05) is 12.8 Å². The molecule has 0 aliphatic heterocycles. The average Bonchev–Trinajstić information content (AvgIpc) is 2.65.